The van der Waals surface area contributed by atoms with Crippen molar-refractivity contribution in [3.05, 3.63) is 30.3 Å². The van der Waals surface area contributed by atoms with Crippen molar-refractivity contribution in [2.24, 2.45) is 11.8 Å². The molecule has 0 nitrogen and oxygen atoms in total. The molecular formula is C23H39BrSi. The molecule has 0 aromatic heterocycles. The predicted octanol–water partition coefficient (Wildman–Crippen LogP) is 7.53. The topological polar surface area (TPSA) is 0 Å². The van der Waals surface area contributed by atoms with Gasteiger partial charge < -0.3 is 0 Å². The first-order valence-electron chi connectivity index (χ1n) is 10.9. The maximum Gasteiger partial charge on any atom is 0.0867 e. The largest absolute Gasteiger partial charge is 0.0925 e. The van der Waals surface area contributed by atoms with E-state index < -0.39 is 8.07 Å². The van der Waals surface area contributed by atoms with Crippen LogP contribution in [0.1, 0.15) is 71.6 Å². The number of benzene rings is 1. The highest BCUT2D eigenvalue weighted by atomic mass is 79.9. The molecule has 142 valence electrons. The zero-order valence-corrected chi connectivity index (χ0v) is 19.2. The molecular weight excluding hydrogens is 384 g/mol. The van der Waals surface area contributed by atoms with Gasteiger partial charge in [0.15, 0.2) is 0 Å². The summed E-state index contributed by atoms with van der Waals surface area (Å²) in [4.78, 5) is 0. The van der Waals surface area contributed by atoms with E-state index in [9.17, 15) is 0 Å². The van der Waals surface area contributed by atoms with Crippen LogP contribution in [0.15, 0.2) is 30.3 Å². The summed E-state index contributed by atoms with van der Waals surface area (Å²) in [6.45, 7) is 4.67. The molecule has 1 atom stereocenters. The predicted molar refractivity (Wildman–Crippen MR) is 120 cm³/mol. The number of rotatable bonds is 11. The fourth-order valence-corrected chi connectivity index (χ4v) is 10.9. The van der Waals surface area contributed by atoms with Crippen molar-refractivity contribution in [2.75, 3.05) is 5.33 Å². The maximum absolute atomic E-state index is 3.68. The van der Waals surface area contributed by atoms with Crippen LogP contribution in [0.5, 0.6) is 0 Å². The second-order valence-corrected chi connectivity index (χ2v) is 13.7. The highest BCUT2D eigenvalue weighted by molar-refractivity contribution is 9.09. The van der Waals surface area contributed by atoms with E-state index in [4.69, 9.17) is 0 Å². The molecule has 1 aromatic carbocycles. The Morgan fingerprint density at radius 1 is 1.04 bits per heavy atom. The maximum atomic E-state index is 3.68. The SMILES string of the molecule is CCCCC[Si]1(c2ccccc2)CCC(CCCC(CC)CBr)CC1. The Hall–Kier alpha value is -0.0831. The molecule has 2 rings (SSSR count). The summed E-state index contributed by atoms with van der Waals surface area (Å²) in [5.41, 5.74) is 0. The van der Waals surface area contributed by atoms with Crippen LogP contribution in [0.2, 0.25) is 18.1 Å². The van der Waals surface area contributed by atoms with E-state index in [0.717, 1.165) is 11.8 Å². The van der Waals surface area contributed by atoms with Crippen molar-refractivity contribution in [1.29, 1.82) is 0 Å². The monoisotopic (exact) mass is 422 g/mol. The van der Waals surface area contributed by atoms with E-state index in [1.54, 1.807) is 23.3 Å². The Kier molecular flexibility index (Phi) is 9.84. The lowest BCUT2D eigenvalue weighted by Gasteiger charge is -2.39. The average molecular weight is 424 g/mol. The Balaban J connectivity index is 1.88. The molecule has 1 heterocycles. The summed E-state index contributed by atoms with van der Waals surface area (Å²) in [7, 11) is -1.22. The fourth-order valence-electron chi connectivity index (χ4n) is 4.79. The first-order chi connectivity index (χ1) is 12.2. The van der Waals surface area contributed by atoms with Gasteiger partial charge in [0.1, 0.15) is 0 Å². The Morgan fingerprint density at radius 3 is 2.36 bits per heavy atom. The van der Waals surface area contributed by atoms with Crippen LogP contribution in [0.3, 0.4) is 0 Å². The van der Waals surface area contributed by atoms with Crippen molar-refractivity contribution in [2.45, 2.75) is 89.8 Å². The summed E-state index contributed by atoms with van der Waals surface area (Å²) < 4.78 is 0. The van der Waals surface area contributed by atoms with Crippen LogP contribution < -0.4 is 5.19 Å². The summed E-state index contributed by atoms with van der Waals surface area (Å²) in [5.74, 6) is 1.92. The number of unbranched alkanes of at least 4 members (excludes halogenated alkanes) is 2. The first-order valence-corrected chi connectivity index (χ1v) is 14.6. The first kappa shape index (κ1) is 21.2. The van der Waals surface area contributed by atoms with E-state index in [2.05, 4.69) is 60.1 Å². The van der Waals surface area contributed by atoms with E-state index in [0.29, 0.717) is 0 Å². The molecule has 0 amide bonds. The van der Waals surface area contributed by atoms with Gasteiger partial charge in [-0.3, -0.25) is 0 Å². The quantitative estimate of drug-likeness (QED) is 0.196. The Morgan fingerprint density at radius 2 is 1.76 bits per heavy atom. The van der Waals surface area contributed by atoms with Crippen molar-refractivity contribution >= 4 is 29.2 Å². The third kappa shape index (κ3) is 6.54. The number of hydrogen-bond acceptors (Lipinski definition) is 0. The zero-order chi connectivity index (χ0) is 18.0. The van der Waals surface area contributed by atoms with Gasteiger partial charge in [-0.05, 0) is 18.3 Å². The Bertz CT molecular complexity index is 446. The molecule has 0 bridgehead atoms. The second-order valence-electron chi connectivity index (χ2n) is 8.41. The normalized spacial score (nSPS) is 25.0. The Labute approximate surface area is 166 Å². The van der Waals surface area contributed by atoms with Gasteiger partial charge in [0, 0.05) is 5.33 Å². The van der Waals surface area contributed by atoms with Crippen LogP contribution in [0, 0.1) is 11.8 Å². The molecule has 0 saturated carbocycles. The van der Waals surface area contributed by atoms with Gasteiger partial charge in [-0.25, -0.2) is 0 Å². The zero-order valence-electron chi connectivity index (χ0n) is 16.6. The molecule has 1 fully saturated rings. The minimum Gasteiger partial charge on any atom is -0.0925 e. The lowest BCUT2D eigenvalue weighted by molar-refractivity contribution is 0.389. The lowest BCUT2D eigenvalue weighted by Crippen LogP contribution is -2.49. The van der Waals surface area contributed by atoms with Crippen LogP contribution in [0.4, 0.5) is 0 Å². The third-order valence-corrected chi connectivity index (χ3v) is 13.0. The molecule has 2 heteroatoms. The van der Waals surface area contributed by atoms with Gasteiger partial charge in [-0.1, -0.05) is 135 Å². The molecule has 0 spiro atoms. The third-order valence-electron chi connectivity index (χ3n) is 6.73. The van der Waals surface area contributed by atoms with Crippen molar-refractivity contribution in [3.8, 4) is 0 Å². The average Bonchev–Trinajstić information content (AvgIpc) is 2.67. The van der Waals surface area contributed by atoms with E-state index in [-0.39, 0.29) is 0 Å². The minimum absolute atomic E-state index is 0.899. The fraction of sp³-hybridized carbons (Fsp3) is 0.739. The van der Waals surface area contributed by atoms with Crippen molar-refractivity contribution < 1.29 is 0 Å². The highest BCUT2D eigenvalue weighted by Crippen LogP contribution is 2.38. The van der Waals surface area contributed by atoms with E-state index in [1.165, 1.54) is 63.1 Å². The van der Waals surface area contributed by atoms with Gasteiger partial charge in [0.25, 0.3) is 0 Å². The van der Waals surface area contributed by atoms with Crippen molar-refractivity contribution in [1.82, 2.24) is 0 Å². The van der Waals surface area contributed by atoms with Crippen LogP contribution in [-0.2, 0) is 0 Å². The number of halogens is 1. The molecule has 1 aromatic rings. The molecule has 0 aliphatic carbocycles. The van der Waals surface area contributed by atoms with Crippen LogP contribution >= 0.6 is 15.9 Å². The van der Waals surface area contributed by atoms with Crippen LogP contribution in [-0.4, -0.2) is 13.4 Å². The standard InChI is InChI=1S/C23H39BrSi/c1-3-5-9-17-25(23-13-7-6-8-14-23)18-15-22(16-19-25)12-10-11-21(4-2)20-24/h6-8,13-14,21-22H,3-5,9-12,15-20H2,1-2H3. The molecule has 1 aliphatic heterocycles. The molecule has 0 N–H and O–H groups in total. The molecule has 1 saturated heterocycles. The van der Waals surface area contributed by atoms with Crippen molar-refractivity contribution in [3.63, 3.8) is 0 Å². The van der Waals surface area contributed by atoms with Gasteiger partial charge in [-0.2, -0.15) is 0 Å². The highest BCUT2D eigenvalue weighted by Gasteiger charge is 2.38. The lowest BCUT2D eigenvalue weighted by atomic mass is 9.93. The molecule has 1 aliphatic rings. The molecule has 0 radical (unpaired) electrons. The van der Waals surface area contributed by atoms with E-state index >= 15 is 0 Å². The second kappa shape index (κ2) is 11.6. The summed E-state index contributed by atoms with van der Waals surface area (Å²) in [5, 5.41) is 2.95. The summed E-state index contributed by atoms with van der Waals surface area (Å²) in [6, 6.07) is 16.3. The minimum atomic E-state index is -1.22. The van der Waals surface area contributed by atoms with Crippen LogP contribution in [0.25, 0.3) is 0 Å². The summed E-state index contributed by atoms with van der Waals surface area (Å²) >= 11 is 3.68. The van der Waals surface area contributed by atoms with Gasteiger partial charge in [0.05, 0.1) is 8.07 Å². The van der Waals surface area contributed by atoms with Gasteiger partial charge in [0.2, 0.25) is 0 Å². The van der Waals surface area contributed by atoms with Gasteiger partial charge >= 0.3 is 0 Å². The molecule has 1 unspecified atom stereocenters. The van der Waals surface area contributed by atoms with E-state index in [1.807, 2.05) is 0 Å². The van der Waals surface area contributed by atoms with Gasteiger partial charge in [-0.15, -0.1) is 0 Å². The number of hydrogen-bond donors (Lipinski definition) is 0. The molecule has 25 heavy (non-hydrogen) atoms. The summed E-state index contributed by atoms with van der Waals surface area (Å²) in [6.07, 6.45) is 13.0. The smallest absolute Gasteiger partial charge is 0.0867 e. The number of alkyl halides is 1.